The first-order valence-electron chi connectivity index (χ1n) is 13.9. The maximum atomic E-state index is 13.5. The Morgan fingerprint density at radius 3 is 2.20 bits per heavy atom. The number of benzene rings is 1. The fourth-order valence-electron chi connectivity index (χ4n) is 4.08. The number of nitrogens with zero attached hydrogens (tertiary/aromatic N) is 1. The Balaban J connectivity index is 2.30. The van der Waals surface area contributed by atoms with Gasteiger partial charge in [0, 0.05) is 17.1 Å². The van der Waals surface area contributed by atoms with Crippen LogP contribution in [-0.2, 0) is 35.1 Å². The van der Waals surface area contributed by atoms with Crippen LogP contribution in [0.15, 0.2) is 30.5 Å². The van der Waals surface area contributed by atoms with Gasteiger partial charge < -0.3 is 36.9 Å². The first-order chi connectivity index (χ1) is 20.4. The first-order valence-corrected chi connectivity index (χ1v) is 15.3. The van der Waals surface area contributed by atoms with Gasteiger partial charge in [0.15, 0.2) is 0 Å². The number of fused-ring (bicyclic) bond motifs is 1. The summed E-state index contributed by atoms with van der Waals surface area (Å²) in [5, 5.41) is 15.3. The van der Waals surface area contributed by atoms with Crippen molar-refractivity contribution in [2.75, 3.05) is 12.0 Å². The van der Waals surface area contributed by atoms with Crippen molar-refractivity contribution in [3.05, 3.63) is 36.0 Å². The van der Waals surface area contributed by atoms with E-state index < -0.39 is 71.4 Å². The number of carbonyl (C=O) groups is 6. The lowest BCUT2D eigenvalue weighted by atomic mass is 10.0. The molecule has 8 N–H and O–H groups in total. The van der Waals surface area contributed by atoms with Gasteiger partial charge in [0.2, 0.25) is 11.8 Å². The molecule has 15 heteroatoms. The average Bonchev–Trinajstić information content (AvgIpc) is 3.31. The van der Waals surface area contributed by atoms with E-state index in [1.165, 1.54) is 46.4 Å². The lowest BCUT2D eigenvalue weighted by Crippen LogP contribution is -2.62. The van der Waals surface area contributed by atoms with Crippen molar-refractivity contribution in [1.29, 1.82) is 0 Å². The normalized spacial score (nSPS) is 13.8. The number of imide groups is 3. The monoisotopic (exact) mass is 634 g/mol. The third kappa shape index (κ3) is 10.3. The molecule has 5 amide bonds. The molecular weight excluding hydrogens is 592 g/mol. The van der Waals surface area contributed by atoms with Gasteiger partial charge in [0.1, 0.15) is 17.7 Å². The zero-order valence-electron chi connectivity index (χ0n) is 25.8. The summed E-state index contributed by atoms with van der Waals surface area (Å²) in [5.41, 5.74) is 10.9. The van der Waals surface area contributed by atoms with E-state index >= 15 is 0 Å². The molecule has 242 valence electrons. The zero-order valence-corrected chi connectivity index (χ0v) is 26.6. The van der Waals surface area contributed by atoms with E-state index in [9.17, 15) is 33.9 Å². The van der Waals surface area contributed by atoms with Crippen LogP contribution in [0.25, 0.3) is 10.9 Å². The van der Waals surface area contributed by atoms with Crippen molar-refractivity contribution >= 4 is 58.4 Å². The van der Waals surface area contributed by atoms with Crippen LogP contribution < -0.4 is 22.1 Å². The molecule has 14 nitrogen and oxygen atoms in total. The number of hydrogen-bond donors (Lipinski definition) is 6. The van der Waals surface area contributed by atoms with Gasteiger partial charge >= 0.3 is 12.1 Å². The van der Waals surface area contributed by atoms with Gasteiger partial charge in [0.25, 0.3) is 11.8 Å². The van der Waals surface area contributed by atoms with E-state index in [1.54, 1.807) is 12.5 Å². The number of carbonyl (C=O) groups excluding carboxylic acids is 5. The standard InChI is InChI=1S/C29H42N6O8S/c1-28(2,3)43-27(42)35(26(41)29(4,5)31)25(40)21(14-22(36)37)34-24(39)20(11-12-44-6)33-23(38)18(30)13-16-15-32-19-10-8-7-9-17(16)19/h7-10,15,18,20-21,32H,11-14,30-31H2,1-6H3,(H,33,38)(H,34,39)(H,36,37)/t18-,20-,21-/m0/s1. The number of aromatic amines is 1. The van der Waals surface area contributed by atoms with E-state index in [2.05, 4.69) is 15.6 Å². The molecule has 2 rings (SSSR count). The molecule has 0 aliphatic rings. The highest BCUT2D eigenvalue weighted by molar-refractivity contribution is 7.98. The molecule has 1 aromatic carbocycles. The number of aliphatic carboxylic acids is 1. The second-order valence-corrected chi connectivity index (χ2v) is 12.8. The number of carboxylic acid groups (broad SMARTS) is 1. The number of H-pyrrole nitrogens is 1. The summed E-state index contributed by atoms with van der Waals surface area (Å²) in [5.74, 6) is -5.17. The molecule has 44 heavy (non-hydrogen) atoms. The number of ether oxygens (including phenoxy) is 1. The van der Waals surface area contributed by atoms with E-state index in [1.807, 2.05) is 24.3 Å². The molecule has 0 bridgehead atoms. The van der Waals surface area contributed by atoms with Crippen LogP contribution in [0.2, 0.25) is 0 Å². The number of thioether (sulfide) groups is 1. The van der Waals surface area contributed by atoms with Crippen LogP contribution in [0, 0.1) is 0 Å². The predicted octanol–water partition coefficient (Wildman–Crippen LogP) is 1.26. The van der Waals surface area contributed by atoms with E-state index in [0.29, 0.717) is 5.75 Å². The summed E-state index contributed by atoms with van der Waals surface area (Å²) in [6.45, 7) is 7.01. The van der Waals surface area contributed by atoms with Gasteiger partial charge in [0.05, 0.1) is 18.0 Å². The molecule has 0 fully saturated rings. The number of amides is 5. The fourth-order valence-corrected chi connectivity index (χ4v) is 4.56. The lowest BCUT2D eigenvalue weighted by Gasteiger charge is -2.31. The Hall–Kier alpha value is -3.95. The Morgan fingerprint density at radius 1 is 1.02 bits per heavy atom. The van der Waals surface area contributed by atoms with Gasteiger partial charge in [-0.3, -0.25) is 24.0 Å². The molecule has 0 aliphatic carbocycles. The largest absolute Gasteiger partial charge is 0.481 e. The summed E-state index contributed by atoms with van der Waals surface area (Å²) < 4.78 is 5.20. The van der Waals surface area contributed by atoms with Crippen molar-refractivity contribution in [1.82, 2.24) is 20.5 Å². The molecule has 0 spiro atoms. The van der Waals surface area contributed by atoms with Gasteiger partial charge in [-0.25, -0.2) is 4.79 Å². The third-order valence-corrected chi connectivity index (χ3v) is 6.88. The molecule has 0 radical (unpaired) electrons. The maximum absolute atomic E-state index is 13.5. The van der Waals surface area contributed by atoms with Crippen molar-refractivity contribution in [2.45, 2.75) is 83.1 Å². The Kier molecular flexibility index (Phi) is 12.5. The summed E-state index contributed by atoms with van der Waals surface area (Å²) in [4.78, 5) is 81.0. The summed E-state index contributed by atoms with van der Waals surface area (Å²) in [7, 11) is 0. The third-order valence-electron chi connectivity index (χ3n) is 6.24. The van der Waals surface area contributed by atoms with Crippen LogP contribution >= 0.6 is 11.8 Å². The van der Waals surface area contributed by atoms with E-state index in [4.69, 9.17) is 16.2 Å². The second-order valence-electron chi connectivity index (χ2n) is 11.9. The fraction of sp³-hybridized carbons (Fsp3) is 0.517. The van der Waals surface area contributed by atoms with Gasteiger partial charge in [-0.2, -0.15) is 16.7 Å². The molecule has 0 saturated carbocycles. The number of rotatable bonds is 13. The van der Waals surface area contributed by atoms with Crippen LogP contribution in [0.3, 0.4) is 0 Å². The smallest absolute Gasteiger partial charge is 0.424 e. The lowest BCUT2D eigenvalue weighted by molar-refractivity contribution is -0.151. The SMILES string of the molecule is CSCC[C@H](NC(=O)[C@@H](N)Cc1c[nH]c2ccccc12)C(=O)N[C@@H](CC(=O)O)C(=O)N(C(=O)OC(C)(C)C)C(=O)C(C)(C)N. The average molecular weight is 635 g/mol. The van der Waals surface area contributed by atoms with Crippen LogP contribution in [0.5, 0.6) is 0 Å². The number of hydrogen-bond acceptors (Lipinski definition) is 10. The Labute approximate surface area is 260 Å². The van der Waals surface area contributed by atoms with Gasteiger partial charge in [-0.1, -0.05) is 18.2 Å². The Bertz CT molecular complexity index is 1380. The van der Waals surface area contributed by atoms with Crippen molar-refractivity contribution in [2.24, 2.45) is 11.5 Å². The van der Waals surface area contributed by atoms with Crippen LogP contribution in [-0.4, -0.2) is 92.0 Å². The summed E-state index contributed by atoms with van der Waals surface area (Å²) >= 11 is 1.39. The molecule has 3 atom stereocenters. The zero-order chi connectivity index (χ0) is 33.4. The van der Waals surface area contributed by atoms with Crippen LogP contribution in [0.1, 0.15) is 53.0 Å². The first kappa shape index (κ1) is 36.2. The number of aromatic nitrogens is 1. The molecule has 1 heterocycles. The Morgan fingerprint density at radius 2 is 1.64 bits per heavy atom. The van der Waals surface area contributed by atoms with Crippen LogP contribution in [0.4, 0.5) is 4.79 Å². The van der Waals surface area contributed by atoms with E-state index in [-0.39, 0.29) is 17.7 Å². The molecular formula is C29H42N6O8S. The molecule has 1 aromatic heterocycles. The summed E-state index contributed by atoms with van der Waals surface area (Å²) in [6, 6.07) is 3.35. The highest BCUT2D eigenvalue weighted by Crippen LogP contribution is 2.19. The molecule has 2 aromatic rings. The second kappa shape index (κ2) is 15.2. The molecule has 0 saturated heterocycles. The number of carboxylic acids is 1. The topological polar surface area (TPSA) is 227 Å². The highest BCUT2D eigenvalue weighted by Gasteiger charge is 2.43. The quantitative estimate of drug-likeness (QED) is 0.184. The number of para-hydroxylation sites is 1. The number of nitrogens with two attached hydrogens (primary N) is 2. The van der Waals surface area contributed by atoms with Crippen molar-refractivity contribution in [3.8, 4) is 0 Å². The minimum atomic E-state index is -1.88. The predicted molar refractivity (Wildman–Crippen MR) is 165 cm³/mol. The maximum Gasteiger partial charge on any atom is 0.424 e. The number of nitrogens with one attached hydrogen (secondary N) is 3. The molecule has 0 unspecified atom stereocenters. The van der Waals surface area contributed by atoms with Gasteiger partial charge in [-0.15, -0.1) is 0 Å². The van der Waals surface area contributed by atoms with E-state index in [0.717, 1.165) is 16.5 Å². The van der Waals surface area contributed by atoms with Crippen molar-refractivity contribution < 1.29 is 38.6 Å². The van der Waals surface area contributed by atoms with Gasteiger partial charge in [-0.05, 0) is 71.1 Å². The minimum absolute atomic E-state index is 0.103. The summed E-state index contributed by atoms with van der Waals surface area (Å²) in [6.07, 6.45) is 1.44. The van der Waals surface area contributed by atoms with Crippen molar-refractivity contribution in [3.63, 3.8) is 0 Å². The molecule has 0 aliphatic heterocycles. The highest BCUT2D eigenvalue weighted by atomic mass is 32.2. The minimum Gasteiger partial charge on any atom is -0.481 e.